The van der Waals surface area contributed by atoms with Gasteiger partial charge >= 0.3 is 0 Å². The van der Waals surface area contributed by atoms with Crippen molar-refractivity contribution in [3.8, 4) is 0 Å². The molecule has 2 aliphatic rings. The van der Waals surface area contributed by atoms with Crippen LogP contribution in [0.4, 0.5) is 0 Å². The monoisotopic (exact) mass is 197 g/mol. The molecule has 0 aromatic heterocycles. The third kappa shape index (κ3) is 1.16. The summed E-state index contributed by atoms with van der Waals surface area (Å²) in [5, 5.41) is 8.86. The molecule has 0 aromatic rings. The molecule has 1 amide bonds. The van der Waals surface area contributed by atoms with Gasteiger partial charge in [0.1, 0.15) is 11.8 Å². The lowest BCUT2D eigenvalue weighted by Crippen LogP contribution is -2.73. The van der Waals surface area contributed by atoms with Gasteiger partial charge in [-0.05, 0) is 19.9 Å². The van der Waals surface area contributed by atoms with E-state index in [2.05, 4.69) is 16.0 Å². The van der Waals surface area contributed by atoms with Crippen molar-refractivity contribution >= 4 is 12.2 Å². The number of carbonyl (C=O) groups excluding carboxylic acids is 2. The van der Waals surface area contributed by atoms with Crippen LogP contribution in [0.15, 0.2) is 0 Å². The Balaban J connectivity index is 2.11. The molecule has 14 heavy (non-hydrogen) atoms. The van der Waals surface area contributed by atoms with E-state index in [9.17, 15) is 9.59 Å². The fourth-order valence-electron chi connectivity index (χ4n) is 2.29. The Kier molecular flexibility index (Phi) is 2.08. The summed E-state index contributed by atoms with van der Waals surface area (Å²) in [5.74, 6) is 0.0253. The molecule has 2 aliphatic heterocycles. The SMILES string of the molecule is CNCC1(C=O)CCC2(CNC2=O)N1. The molecule has 2 unspecified atom stereocenters. The van der Waals surface area contributed by atoms with E-state index >= 15 is 0 Å². The number of aldehydes is 1. The first kappa shape index (κ1) is 9.61. The number of β-lactam (4-membered cyclic amide) rings is 1. The number of hydrogen-bond donors (Lipinski definition) is 3. The zero-order valence-electron chi connectivity index (χ0n) is 8.22. The molecule has 78 valence electrons. The van der Waals surface area contributed by atoms with Gasteiger partial charge in [-0.2, -0.15) is 0 Å². The fourth-order valence-corrected chi connectivity index (χ4v) is 2.29. The fraction of sp³-hybridized carbons (Fsp3) is 0.778. The molecule has 0 radical (unpaired) electrons. The zero-order chi connectivity index (χ0) is 10.2. The normalized spacial score (nSPS) is 40.8. The number of amides is 1. The summed E-state index contributed by atoms with van der Waals surface area (Å²) in [6.07, 6.45) is 2.40. The predicted molar refractivity (Wildman–Crippen MR) is 50.8 cm³/mol. The van der Waals surface area contributed by atoms with Gasteiger partial charge in [0.05, 0.1) is 5.54 Å². The van der Waals surface area contributed by atoms with E-state index in [-0.39, 0.29) is 5.91 Å². The molecule has 3 N–H and O–H groups in total. The number of nitrogens with one attached hydrogen (secondary N) is 3. The molecule has 2 saturated heterocycles. The quantitative estimate of drug-likeness (QED) is 0.376. The van der Waals surface area contributed by atoms with Crippen LogP contribution in [0.5, 0.6) is 0 Å². The first-order valence-corrected chi connectivity index (χ1v) is 4.85. The second-order valence-corrected chi connectivity index (χ2v) is 4.19. The van der Waals surface area contributed by atoms with Crippen LogP contribution in [-0.2, 0) is 9.59 Å². The molecule has 2 atom stereocenters. The summed E-state index contributed by atoms with van der Waals surface area (Å²) in [6, 6.07) is 0. The standard InChI is InChI=1S/C9H15N3O2/c1-10-4-8(6-13)2-3-9(12-8)5-11-7(9)14/h6,10,12H,2-5H2,1H3,(H,11,14). The smallest absolute Gasteiger partial charge is 0.242 e. The van der Waals surface area contributed by atoms with Crippen molar-refractivity contribution in [3.63, 3.8) is 0 Å². The maximum Gasteiger partial charge on any atom is 0.242 e. The highest BCUT2D eigenvalue weighted by Crippen LogP contribution is 2.32. The van der Waals surface area contributed by atoms with Crippen molar-refractivity contribution in [2.24, 2.45) is 0 Å². The molecule has 2 fully saturated rings. The van der Waals surface area contributed by atoms with Crippen molar-refractivity contribution in [2.45, 2.75) is 23.9 Å². The summed E-state index contributed by atoms with van der Waals surface area (Å²) < 4.78 is 0. The van der Waals surface area contributed by atoms with Gasteiger partial charge < -0.3 is 15.4 Å². The summed E-state index contributed by atoms with van der Waals surface area (Å²) in [6.45, 7) is 1.22. The average molecular weight is 197 g/mol. The van der Waals surface area contributed by atoms with Crippen LogP contribution < -0.4 is 16.0 Å². The third-order valence-electron chi connectivity index (χ3n) is 3.19. The molecular weight excluding hydrogens is 182 g/mol. The van der Waals surface area contributed by atoms with E-state index in [0.717, 1.165) is 19.1 Å². The maximum atomic E-state index is 11.4. The summed E-state index contributed by atoms with van der Waals surface area (Å²) in [4.78, 5) is 22.4. The van der Waals surface area contributed by atoms with E-state index in [1.54, 1.807) is 7.05 Å². The van der Waals surface area contributed by atoms with Crippen LogP contribution in [0.25, 0.3) is 0 Å². The highest BCUT2D eigenvalue weighted by atomic mass is 16.2. The number of carbonyl (C=O) groups is 2. The molecule has 0 aromatic carbocycles. The van der Waals surface area contributed by atoms with E-state index in [4.69, 9.17) is 0 Å². The zero-order valence-corrected chi connectivity index (χ0v) is 8.22. The predicted octanol–water partition coefficient (Wildman–Crippen LogP) is -1.60. The second-order valence-electron chi connectivity index (χ2n) is 4.19. The van der Waals surface area contributed by atoms with Crippen LogP contribution in [-0.4, -0.2) is 43.4 Å². The molecule has 5 heteroatoms. The molecule has 2 rings (SSSR count). The molecule has 0 aliphatic carbocycles. The minimum atomic E-state index is -0.549. The Morgan fingerprint density at radius 2 is 2.36 bits per heavy atom. The topological polar surface area (TPSA) is 70.2 Å². The minimum absolute atomic E-state index is 0.0253. The Hall–Kier alpha value is -0.940. The van der Waals surface area contributed by atoms with Gasteiger partial charge in [0.25, 0.3) is 0 Å². The first-order valence-electron chi connectivity index (χ1n) is 4.85. The van der Waals surface area contributed by atoms with Crippen LogP contribution in [0.1, 0.15) is 12.8 Å². The van der Waals surface area contributed by atoms with Gasteiger partial charge in [0.15, 0.2) is 0 Å². The van der Waals surface area contributed by atoms with Gasteiger partial charge in [-0.25, -0.2) is 0 Å². The van der Waals surface area contributed by atoms with E-state index in [0.29, 0.717) is 13.1 Å². The van der Waals surface area contributed by atoms with Crippen LogP contribution in [0.3, 0.4) is 0 Å². The summed E-state index contributed by atoms with van der Waals surface area (Å²) in [5.41, 5.74) is -1.01. The summed E-state index contributed by atoms with van der Waals surface area (Å²) in [7, 11) is 1.80. The lowest BCUT2D eigenvalue weighted by Gasteiger charge is -2.39. The average Bonchev–Trinajstić information content (AvgIpc) is 2.60. The van der Waals surface area contributed by atoms with Crippen LogP contribution in [0.2, 0.25) is 0 Å². The van der Waals surface area contributed by atoms with Gasteiger partial charge in [-0.1, -0.05) is 0 Å². The van der Waals surface area contributed by atoms with Crippen LogP contribution in [0, 0.1) is 0 Å². The van der Waals surface area contributed by atoms with Gasteiger partial charge in [-0.15, -0.1) is 0 Å². The van der Waals surface area contributed by atoms with Crippen molar-refractivity contribution in [3.05, 3.63) is 0 Å². The second kappa shape index (κ2) is 3.03. The Morgan fingerprint density at radius 3 is 2.71 bits per heavy atom. The van der Waals surface area contributed by atoms with Crippen molar-refractivity contribution in [1.29, 1.82) is 0 Å². The van der Waals surface area contributed by atoms with E-state index < -0.39 is 11.1 Å². The van der Waals surface area contributed by atoms with E-state index in [1.807, 2.05) is 0 Å². The van der Waals surface area contributed by atoms with E-state index in [1.165, 1.54) is 0 Å². The molecule has 2 heterocycles. The number of hydrogen-bond acceptors (Lipinski definition) is 4. The largest absolute Gasteiger partial charge is 0.352 e. The highest BCUT2D eigenvalue weighted by Gasteiger charge is 2.56. The Labute approximate surface area is 82.6 Å². The van der Waals surface area contributed by atoms with Gasteiger partial charge in [0, 0.05) is 13.1 Å². The lowest BCUT2D eigenvalue weighted by atomic mass is 9.89. The molecular formula is C9H15N3O2. The maximum absolute atomic E-state index is 11.4. The van der Waals surface area contributed by atoms with Crippen molar-refractivity contribution in [1.82, 2.24) is 16.0 Å². The molecule has 1 spiro atoms. The lowest BCUT2D eigenvalue weighted by molar-refractivity contribution is -0.134. The van der Waals surface area contributed by atoms with Crippen LogP contribution >= 0.6 is 0 Å². The Bertz CT molecular complexity index is 281. The molecule has 0 saturated carbocycles. The van der Waals surface area contributed by atoms with Gasteiger partial charge in [-0.3, -0.25) is 10.1 Å². The first-order chi connectivity index (χ1) is 6.66. The minimum Gasteiger partial charge on any atom is -0.352 e. The number of rotatable bonds is 3. The Morgan fingerprint density at radius 1 is 1.57 bits per heavy atom. The van der Waals surface area contributed by atoms with Gasteiger partial charge in [0.2, 0.25) is 5.91 Å². The molecule has 5 nitrogen and oxygen atoms in total. The summed E-state index contributed by atoms with van der Waals surface area (Å²) >= 11 is 0. The number of likely N-dealkylation sites (N-methyl/N-ethyl adjacent to an activating group) is 1. The van der Waals surface area contributed by atoms with Crippen molar-refractivity contribution in [2.75, 3.05) is 20.1 Å². The molecule has 0 bridgehead atoms. The van der Waals surface area contributed by atoms with Crippen molar-refractivity contribution < 1.29 is 9.59 Å². The third-order valence-corrected chi connectivity index (χ3v) is 3.19. The highest BCUT2D eigenvalue weighted by molar-refractivity contribution is 5.94.